The largest absolute Gasteiger partial charge is 0.493 e. The van der Waals surface area contributed by atoms with Crippen LogP contribution in [0.2, 0.25) is 0 Å². The third-order valence-electron chi connectivity index (χ3n) is 7.21. The van der Waals surface area contributed by atoms with E-state index in [2.05, 4.69) is 53.5 Å². The monoisotopic (exact) mass is 487 g/mol. The number of hydrogen-bond acceptors (Lipinski definition) is 6. The smallest absolute Gasteiger partial charge is 0.214 e. The van der Waals surface area contributed by atoms with Crippen molar-refractivity contribution in [2.45, 2.75) is 25.6 Å². The van der Waals surface area contributed by atoms with E-state index < -0.39 is 6.23 Å². The first-order chi connectivity index (χ1) is 18.2. The van der Waals surface area contributed by atoms with Crippen LogP contribution in [0, 0.1) is 6.92 Å². The van der Waals surface area contributed by atoms with Crippen molar-refractivity contribution < 1.29 is 14.0 Å². The zero-order valence-corrected chi connectivity index (χ0v) is 20.6. The molecule has 0 unspecified atom stereocenters. The minimum atomic E-state index is -0.431. The molecular weight excluding hydrogens is 462 g/mol. The second kappa shape index (κ2) is 8.52. The molecule has 0 saturated heterocycles. The highest BCUT2D eigenvalue weighted by Crippen LogP contribution is 2.51. The number of ether oxygens (including phenoxy) is 2. The number of rotatable bonds is 4. The molecule has 6 nitrogen and oxygen atoms in total. The summed E-state index contributed by atoms with van der Waals surface area (Å²) in [5.74, 6) is 2.24. The number of methoxy groups -OCH3 is 1. The topological polar surface area (TPSA) is 60.1 Å². The fourth-order valence-electron chi connectivity index (χ4n) is 5.30. The van der Waals surface area contributed by atoms with Crippen molar-refractivity contribution >= 4 is 16.6 Å². The van der Waals surface area contributed by atoms with E-state index in [1.807, 2.05) is 54.6 Å². The second-order valence-electron chi connectivity index (χ2n) is 9.52. The summed E-state index contributed by atoms with van der Waals surface area (Å²) in [4.78, 5) is 0. The van der Waals surface area contributed by atoms with Crippen molar-refractivity contribution in [3.63, 3.8) is 0 Å². The van der Waals surface area contributed by atoms with E-state index in [0.29, 0.717) is 0 Å². The van der Waals surface area contributed by atoms with Crippen LogP contribution in [0.15, 0.2) is 101 Å². The van der Waals surface area contributed by atoms with Crippen LogP contribution in [0.1, 0.15) is 40.9 Å². The average molecular weight is 488 g/mol. The van der Waals surface area contributed by atoms with Crippen LogP contribution >= 0.6 is 0 Å². The first-order valence-corrected chi connectivity index (χ1v) is 12.4. The van der Waals surface area contributed by atoms with Crippen molar-refractivity contribution in [3.8, 4) is 22.8 Å². The first-order valence-electron chi connectivity index (χ1n) is 12.4. The van der Waals surface area contributed by atoms with Gasteiger partial charge in [0.1, 0.15) is 5.52 Å². The molecule has 7 rings (SSSR count). The van der Waals surface area contributed by atoms with Crippen molar-refractivity contribution in [2.75, 3.05) is 7.11 Å². The Hall–Kier alpha value is -4.58. The van der Waals surface area contributed by atoms with E-state index in [-0.39, 0.29) is 6.04 Å². The van der Waals surface area contributed by atoms with E-state index >= 15 is 0 Å². The second-order valence-corrected chi connectivity index (χ2v) is 9.52. The molecule has 2 aliphatic rings. The molecule has 0 N–H and O–H groups in total. The summed E-state index contributed by atoms with van der Waals surface area (Å²) in [5, 5.41) is 12.4. The molecule has 0 fully saturated rings. The Balaban J connectivity index is 1.36. The van der Waals surface area contributed by atoms with Gasteiger partial charge in [0.2, 0.25) is 6.23 Å². The van der Waals surface area contributed by atoms with Gasteiger partial charge >= 0.3 is 0 Å². The van der Waals surface area contributed by atoms with Crippen molar-refractivity contribution in [2.24, 2.45) is 5.10 Å². The molecule has 5 aromatic rings. The SMILES string of the molecule is COc1cccc2c1O[C@@H](c1ccc3noc(-c4ccccc4)c3c1)N1N=C(c3ccc(C)cc3)C[C@H]21. The van der Waals surface area contributed by atoms with Gasteiger partial charge < -0.3 is 14.0 Å². The van der Waals surface area contributed by atoms with Crippen LogP contribution in [0.25, 0.3) is 22.2 Å². The summed E-state index contributed by atoms with van der Waals surface area (Å²) in [6.07, 6.45) is 0.355. The third-order valence-corrected chi connectivity index (χ3v) is 7.21. The minimum Gasteiger partial charge on any atom is -0.493 e. The zero-order chi connectivity index (χ0) is 24.9. The fourth-order valence-corrected chi connectivity index (χ4v) is 5.30. The van der Waals surface area contributed by atoms with Gasteiger partial charge in [0.05, 0.1) is 24.2 Å². The Kier molecular flexibility index (Phi) is 4.99. The van der Waals surface area contributed by atoms with Crippen LogP contribution < -0.4 is 9.47 Å². The van der Waals surface area contributed by atoms with E-state index in [9.17, 15) is 0 Å². The van der Waals surface area contributed by atoms with Gasteiger partial charge in [-0.25, -0.2) is 5.01 Å². The molecule has 1 aromatic heterocycles. The highest BCUT2D eigenvalue weighted by Gasteiger charge is 2.42. The molecule has 6 heteroatoms. The molecule has 0 saturated carbocycles. The van der Waals surface area contributed by atoms with Crippen molar-refractivity contribution in [3.05, 3.63) is 113 Å². The number of aryl methyl sites for hydroxylation is 1. The van der Waals surface area contributed by atoms with Crippen molar-refractivity contribution in [1.82, 2.24) is 10.2 Å². The predicted octanol–water partition coefficient (Wildman–Crippen LogP) is 7.05. The lowest BCUT2D eigenvalue weighted by Crippen LogP contribution is -2.33. The normalized spacial score (nSPS) is 18.2. The predicted molar refractivity (Wildman–Crippen MR) is 143 cm³/mol. The zero-order valence-electron chi connectivity index (χ0n) is 20.6. The lowest BCUT2D eigenvalue weighted by molar-refractivity contribution is -0.0208. The molecule has 37 heavy (non-hydrogen) atoms. The number of fused-ring (bicyclic) bond motifs is 4. The van der Waals surface area contributed by atoms with Gasteiger partial charge in [0, 0.05) is 23.1 Å². The number of benzene rings is 4. The molecule has 0 amide bonds. The van der Waals surface area contributed by atoms with Crippen LogP contribution in [-0.4, -0.2) is 23.0 Å². The number of hydrazone groups is 1. The van der Waals surface area contributed by atoms with Crippen LogP contribution in [0.4, 0.5) is 0 Å². The van der Waals surface area contributed by atoms with Gasteiger partial charge in [-0.3, -0.25) is 0 Å². The van der Waals surface area contributed by atoms with Crippen LogP contribution in [0.5, 0.6) is 11.5 Å². The van der Waals surface area contributed by atoms with Crippen molar-refractivity contribution in [1.29, 1.82) is 0 Å². The maximum absolute atomic E-state index is 6.67. The molecule has 2 atom stereocenters. The number of hydrogen-bond donors (Lipinski definition) is 0. The van der Waals surface area contributed by atoms with E-state index in [1.165, 1.54) is 5.56 Å². The van der Waals surface area contributed by atoms with Gasteiger partial charge in [0.25, 0.3) is 0 Å². The first kappa shape index (κ1) is 21.7. The van der Waals surface area contributed by atoms with Gasteiger partial charge in [0.15, 0.2) is 17.3 Å². The highest BCUT2D eigenvalue weighted by molar-refractivity contribution is 6.02. The lowest BCUT2D eigenvalue weighted by atomic mass is 9.95. The van der Waals surface area contributed by atoms with Gasteiger partial charge in [-0.05, 0) is 30.7 Å². The Morgan fingerprint density at radius 3 is 2.54 bits per heavy atom. The quantitative estimate of drug-likeness (QED) is 0.272. The number of aromatic nitrogens is 1. The Labute approximate surface area is 214 Å². The average Bonchev–Trinajstić information content (AvgIpc) is 3.58. The molecule has 0 spiro atoms. The molecule has 2 aliphatic heterocycles. The summed E-state index contributed by atoms with van der Waals surface area (Å²) in [7, 11) is 1.68. The van der Waals surface area contributed by atoms with Crippen LogP contribution in [0.3, 0.4) is 0 Å². The van der Waals surface area contributed by atoms with Gasteiger partial charge in [-0.15, -0.1) is 0 Å². The summed E-state index contributed by atoms with van der Waals surface area (Å²) in [5.41, 5.74) is 7.25. The van der Waals surface area contributed by atoms with E-state index in [1.54, 1.807) is 7.11 Å². The standard InChI is InChI=1S/C31H25N3O3/c1-19-11-13-20(14-12-19)26-18-27-23-9-6-10-28(35-2)30(23)36-31(34(27)32-26)22-15-16-25-24(17-22)29(37-33-25)21-7-4-3-5-8-21/h3-17,27,31H,18H2,1-2H3/t27-,31+/m1/s1. The summed E-state index contributed by atoms with van der Waals surface area (Å²) in [6.45, 7) is 2.10. The Morgan fingerprint density at radius 1 is 0.892 bits per heavy atom. The molecule has 182 valence electrons. The summed E-state index contributed by atoms with van der Waals surface area (Å²) < 4.78 is 18.1. The molecule has 3 heterocycles. The molecule has 0 bridgehead atoms. The summed E-state index contributed by atoms with van der Waals surface area (Å²) >= 11 is 0. The molecule has 4 aromatic carbocycles. The molecular formula is C31H25N3O3. The number of para-hydroxylation sites is 1. The minimum absolute atomic E-state index is 0.0342. The molecule has 0 radical (unpaired) electrons. The van der Waals surface area contributed by atoms with Crippen LogP contribution in [-0.2, 0) is 0 Å². The van der Waals surface area contributed by atoms with E-state index in [4.69, 9.17) is 19.1 Å². The number of nitrogens with zero attached hydrogens (tertiary/aromatic N) is 3. The van der Waals surface area contributed by atoms with Gasteiger partial charge in [-0.2, -0.15) is 5.10 Å². The Morgan fingerprint density at radius 2 is 1.73 bits per heavy atom. The maximum atomic E-state index is 6.67. The Bertz CT molecular complexity index is 1640. The lowest BCUT2D eigenvalue weighted by Gasteiger charge is -2.38. The highest BCUT2D eigenvalue weighted by atomic mass is 16.5. The fraction of sp³-hybridized carbons (Fsp3) is 0.161. The third kappa shape index (κ3) is 3.56. The molecule has 0 aliphatic carbocycles. The van der Waals surface area contributed by atoms with Gasteiger partial charge in [-0.1, -0.05) is 83.5 Å². The summed E-state index contributed by atoms with van der Waals surface area (Å²) in [6, 6.07) is 30.8. The van der Waals surface area contributed by atoms with E-state index in [0.717, 1.165) is 62.5 Å². The maximum Gasteiger partial charge on any atom is 0.214 e.